The van der Waals surface area contributed by atoms with Gasteiger partial charge in [-0.1, -0.05) is 5.92 Å². The average molecular weight is 424 g/mol. The van der Waals surface area contributed by atoms with E-state index < -0.39 is 17.8 Å². The molecule has 1 saturated heterocycles. The third-order valence-electron chi connectivity index (χ3n) is 5.45. The number of carbonyl (C=O) groups is 3. The number of nitrogens with one attached hydrogen (secondary N) is 1. The SMILES string of the molecule is C#Cc1cnn(CCCCOc2c(F)ccc3c2CN(C2CCC(=O)NC2=O)C3=O)c1. The molecule has 0 spiro atoms. The third kappa shape index (κ3) is 4.14. The standard InChI is InChI=1S/C22H21FN4O4/c1-2-14-11-24-26(12-14)9-3-4-10-31-20-16-13-27(18-7-8-19(28)25-21(18)29)22(30)15(16)5-6-17(20)23/h1,5-6,11-12,18H,3-4,7-10,13H2,(H,25,28,29). The second-order valence-electron chi connectivity index (χ2n) is 7.49. The first-order valence-electron chi connectivity index (χ1n) is 10.1. The smallest absolute Gasteiger partial charge is 0.255 e. The van der Waals surface area contributed by atoms with Crippen LogP contribution in [-0.4, -0.2) is 45.1 Å². The Kier molecular flexibility index (Phi) is 5.71. The van der Waals surface area contributed by atoms with E-state index in [0.717, 1.165) is 6.42 Å². The summed E-state index contributed by atoms with van der Waals surface area (Å²) >= 11 is 0. The summed E-state index contributed by atoms with van der Waals surface area (Å²) in [7, 11) is 0. The molecule has 0 radical (unpaired) electrons. The number of fused-ring (bicyclic) bond motifs is 1. The number of terminal acetylenes is 1. The van der Waals surface area contributed by atoms with E-state index in [-0.39, 0.29) is 43.6 Å². The molecule has 1 unspecified atom stereocenters. The van der Waals surface area contributed by atoms with Gasteiger partial charge < -0.3 is 9.64 Å². The first kappa shape index (κ1) is 20.6. The highest BCUT2D eigenvalue weighted by Crippen LogP contribution is 2.35. The van der Waals surface area contributed by atoms with Crippen molar-refractivity contribution < 1.29 is 23.5 Å². The van der Waals surface area contributed by atoms with Crippen LogP contribution in [0.3, 0.4) is 0 Å². The Morgan fingerprint density at radius 1 is 1.29 bits per heavy atom. The summed E-state index contributed by atoms with van der Waals surface area (Å²) in [5.41, 5.74) is 1.46. The van der Waals surface area contributed by atoms with E-state index in [2.05, 4.69) is 16.3 Å². The molecule has 1 fully saturated rings. The van der Waals surface area contributed by atoms with Crippen LogP contribution in [0.2, 0.25) is 0 Å². The van der Waals surface area contributed by atoms with Crippen LogP contribution in [0.25, 0.3) is 0 Å². The molecule has 2 aliphatic rings. The van der Waals surface area contributed by atoms with Crippen molar-refractivity contribution in [2.24, 2.45) is 0 Å². The number of aryl methyl sites for hydroxylation is 1. The number of amides is 3. The van der Waals surface area contributed by atoms with Gasteiger partial charge >= 0.3 is 0 Å². The van der Waals surface area contributed by atoms with Crippen molar-refractivity contribution in [1.82, 2.24) is 20.0 Å². The lowest BCUT2D eigenvalue weighted by molar-refractivity contribution is -0.136. The van der Waals surface area contributed by atoms with Crippen LogP contribution in [0, 0.1) is 18.2 Å². The van der Waals surface area contributed by atoms with Crippen molar-refractivity contribution >= 4 is 17.7 Å². The largest absolute Gasteiger partial charge is 0.490 e. The maximum atomic E-state index is 14.5. The fourth-order valence-electron chi connectivity index (χ4n) is 3.85. The van der Waals surface area contributed by atoms with Crippen molar-refractivity contribution in [1.29, 1.82) is 0 Å². The number of halogens is 1. The van der Waals surface area contributed by atoms with Gasteiger partial charge in [-0.25, -0.2) is 4.39 Å². The monoisotopic (exact) mass is 424 g/mol. The summed E-state index contributed by atoms with van der Waals surface area (Å²) in [6.45, 7) is 0.987. The van der Waals surface area contributed by atoms with Gasteiger partial charge in [-0.2, -0.15) is 5.10 Å². The summed E-state index contributed by atoms with van der Waals surface area (Å²) in [4.78, 5) is 37.7. The van der Waals surface area contributed by atoms with Crippen LogP contribution in [0.5, 0.6) is 5.75 Å². The molecular formula is C22H21FN4O4. The molecule has 1 aromatic carbocycles. The maximum Gasteiger partial charge on any atom is 0.255 e. The second kappa shape index (κ2) is 8.60. The molecule has 1 N–H and O–H groups in total. The molecule has 3 amide bonds. The molecular weight excluding hydrogens is 403 g/mol. The lowest BCUT2D eigenvalue weighted by Crippen LogP contribution is -2.52. The zero-order valence-electron chi connectivity index (χ0n) is 16.8. The van der Waals surface area contributed by atoms with Crippen molar-refractivity contribution in [3.63, 3.8) is 0 Å². The zero-order valence-corrected chi connectivity index (χ0v) is 16.8. The van der Waals surface area contributed by atoms with Gasteiger partial charge in [-0.3, -0.25) is 24.4 Å². The number of hydrogen-bond donors (Lipinski definition) is 1. The van der Waals surface area contributed by atoms with E-state index in [0.29, 0.717) is 29.7 Å². The summed E-state index contributed by atoms with van der Waals surface area (Å²) in [6.07, 6.45) is 10.5. The minimum absolute atomic E-state index is 0.0364. The number of benzene rings is 1. The van der Waals surface area contributed by atoms with Crippen molar-refractivity contribution in [3.05, 3.63) is 47.0 Å². The molecule has 9 heteroatoms. The molecule has 3 heterocycles. The zero-order chi connectivity index (χ0) is 22.0. The Bertz CT molecular complexity index is 1090. The highest BCUT2D eigenvalue weighted by Gasteiger charge is 2.40. The molecule has 0 bridgehead atoms. The van der Waals surface area contributed by atoms with Crippen LogP contribution in [0.15, 0.2) is 24.5 Å². The number of nitrogens with zero attached hydrogens (tertiary/aromatic N) is 3. The Morgan fingerprint density at radius 3 is 2.87 bits per heavy atom. The number of piperidine rings is 1. The normalized spacial score (nSPS) is 18.0. The molecule has 0 aliphatic carbocycles. The van der Waals surface area contributed by atoms with E-state index in [4.69, 9.17) is 11.2 Å². The van der Waals surface area contributed by atoms with Crippen LogP contribution in [-0.2, 0) is 22.7 Å². The van der Waals surface area contributed by atoms with Crippen LogP contribution in [0.4, 0.5) is 4.39 Å². The maximum absolute atomic E-state index is 14.5. The topological polar surface area (TPSA) is 93.5 Å². The molecule has 1 atom stereocenters. The highest BCUT2D eigenvalue weighted by atomic mass is 19.1. The van der Waals surface area contributed by atoms with Crippen LogP contribution in [0.1, 0.15) is 47.2 Å². The highest BCUT2D eigenvalue weighted by molar-refractivity contribution is 6.05. The predicted molar refractivity (Wildman–Crippen MR) is 107 cm³/mol. The van der Waals surface area contributed by atoms with Crippen molar-refractivity contribution in [2.75, 3.05) is 6.61 Å². The van der Waals surface area contributed by atoms with E-state index >= 15 is 0 Å². The quantitative estimate of drug-likeness (QED) is 0.414. The third-order valence-corrected chi connectivity index (χ3v) is 5.45. The van der Waals surface area contributed by atoms with E-state index in [1.165, 1.54) is 17.0 Å². The number of rotatable bonds is 7. The second-order valence-corrected chi connectivity index (χ2v) is 7.49. The summed E-state index contributed by atoms with van der Waals surface area (Å²) in [5.74, 6) is 0.770. The van der Waals surface area contributed by atoms with Gasteiger partial charge in [0.15, 0.2) is 11.6 Å². The molecule has 0 saturated carbocycles. The van der Waals surface area contributed by atoms with Crippen LogP contribution < -0.4 is 10.1 Å². The lowest BCUT2D eigenvalue weighted by atomic mass is 10.0. The Morgan fingerprint density at radius 2 is 2.13 bits per heavy atom. The minimum atomic E-state index is -0.754. The van der Waals surface area contributed by atoms with Gasteiger partial charge in [0.2, 0.25) is 11.8 Å². The van der Waals surface area contributed by atoms with E-state index in [9.17, 15) is 18.8 Å². The lowest BCUT2D eigenvalue weighted by Gasteiger charge is -2.29. The fraction of sp³-hybridized carbons (Fsp3) is 0.364. The average Bonchev–Trinajstić information content (AvgIpc) is 3.34. The predicted octanol–water partition coefficient (Wildman–Crippen LogP) is 1.62. The van der Waals surface area contributed by atoms with Gasteiger partial charge in [0.05, 0.1) is 24.9 Å². The van der Waals surface area contributed by atoms with Gasteiger partial charge in [-0.15, -0.1) is 6.42 Å². The van der Waals surface area contributed by atoms with Crippen molar-refractivity contribution in [3.8, 4) is 18.1 Å². The van der Waals surface area contributed by atoms with E-state index in [1.807, 2.05) is 0 Å². The number of unbranched alkanes of at least 4 members (excludes halogenated alkanes) is 1. The van der Waals surface area contributed by atoms with Crippen molar-refractivity contribution in [2.45, 2.75) is 44.8 Å². The first-order valence-corrected chi connectivity index (χ1v) is 10.1. The molecule has 4 rings (SSSR count). The molecule has 2 aromatic rings. The Labute approximate surface area is 178 Å². The number of hydrogen-bond acceptors (Lipinski definition) is 5. The molecule has 2 aliphatic heterocycles. The van der Waals surface area contributed by atoms with Gasteiger partial charge in [0.25, 0.3) is 5.91 Å². The fourth-order valence-corrected chi connectivity index (χ4v) is 3.85. The summed E-state index contributed by atoms with van der Waals surface area (Å²) in [5, 5.41) is 6.40. The summed E-state index contributed by atoms with van der Waals surface area (Å²) < 4.78 is 21.9. The number of ether oxygens (including phenoxy) is 1. The number of aromatic nitrogens is 2. The minimum Gasteiger partial charge on any atom is -0.490 e. The molecule has 1 aromatic heterocycles. The summed E-state index contributed by atoms with van der Waals surface area (Å²) in [6, 6.07) is 1.85. The van der Waals surface area contributed by atoms with Gasteiger partial charge in [0, 0.05) is 30.3 Å². The Balaban J connectivity index is 1.38. The van der Waals surface area contributed by atoms with Crippen LogP contribution >= 0.6 is 0 Å². The number of carbonyl (C=O) groups excluding carboxylic acids is 3. The Hall–Kier alpha value is -3.67. The first-order chi connectivity index (χ1) is 15.0. The van der Waals surface area contributed by atoms with Gasteiger partial charge in [0.1, 0.15) is 6.04 Å². The molecule has 31 heavy (non-hydrogen) atoms. The van der Waals surface area contributed by atoms with E-state index in [1.54, 1.807) is 17.1 Å². The molecule has 8 nitrogen and oxygen atoms in total. The number of imide groups is 1. The van der Waals surface area contributed by atoms with Gasteiger partial charge in [-0.05, 0) is 31.4 Å². The molecule has 160 valence electrons.